The molecular weight excluding hydrogens is 292 g/mol. The van der Waals surface area contributed by atoms with E-state index in [2.05, 4.69) is 11.1 Å². The molecular formula is C18H26N2OS. The molecule has 0 spiro atoms. The van der Waals surface area contributed by atoms with Gasteiger partial charge < -0.3 is 4.90 Å². The Morgan fingerprint density at radius 3 is 2.73 bits per heavy atom. The van der Waals surface area contributed by atoms with Crippen LogP contribution in [0.3, 0.4) is 0 Å². The quantitative estimate of drug-likeness (QED) is 0.818. The second-order valence-electron chi connectivity index (χ2n) is 6.50. The zero-order valence-electron chi connectivity index (χ0n) is 13.5. The Morgan fingerprint density at radius 2 is 1.95 bits per heavy atom. The van der Waals surface area contributed by atoms with Gasteiger partial charge in [-0.25, -0.2) is 4.98 Å². The van der Waals surface area contributed by atoms with E-state index in [4.69, 9.17) is 0 Å². The van der Waals surface area contributed by atoms with Crippen LogP contribution in [-0.2, 0) is 4.79 Å². The summed E-state index contributed by atoms with van der Waals surface area (Å²) < 4.78 is 0. The van der Waals surface area contributed by atoms with Crippen molar-refractivity contribution in [2.24, 2.45) is 0 Å². The van der Waals surface area contributed by atoms with Crippen LogP contribution < -0.4 is 0 Å². The van der Waals surface area contributed by atoms with Crippen molar-refractivity contribution in [3.8, 4) is 0 Å². The lowest BCUT2D eigenvalue weighted by molar-refractivity contribution is -0.132. The van der Waals surface area contributed by atoms with Crippen LogP contribution in [0, 0.1) is 0 Å². The van der Waals surface area contributed by atoms with Crippen molar-refractivity contribution < 1.29 is 4.79 Å². The number of likely N-dealkylation sites (tertiary alicyclic amines) is 1. The molecule has 1 amide bonds. The maximum Gasteiger partial charge on any atom is 0.219 e. The number of hydrogen-bond donors (Lipinski definition) is 0. The predicted octanol–water partition coefficient (Wildman–Crippen LogP) is 4.58. The lowest BCUT2D eigenvalue weighted by Gasteiger charge is -2.36. The molecule has 2 fully saturated rings. The van der Waals surface area contributed by atoms with Crippen LogP contribution in [0.1, 0.15) is 69.9 Å². The Labute approximate surface area is 137 Å². The molecule has 1 aliphatic carbocycles. The Kier molecular flexibility index (Phi) is 5.40. The van der Waals surface area contributed by atoms with Gasteiger partial charge in [-0.3, -0.25) is 4.79 Å². The lowest BCUT2D eigenvalue weighted by Crippen LogP contribution is -2.37. The maximum atomic E-state index is 12.0. The van der Waals surface area contributed by atoms with Crippen LogP contribution in [0.25, 0.3) is 0 Å². The molecule has 4 heteroatoms. The molecule has 0 aromatic carbocycles. The van der Waals surface area contributed by atoms with Gasteiger partial charge in [0.15, 0.2) is 0 Å². The maximum absolute atomic E-state index is 12.0. The fourth-order valence-corrected chi connectivity index (χ4v) is 5.07. The van der Waals surface area contributed by atoms with Crippen LogP contribution in [0.4, 0.5) is 0 Å². The van der Waals surface area contributed by atoms with Crippen molar-refractivity contribution in [2.75, 3.05) is 6.54 Å². The minimum Gasteiger partial charge on any atom is -0.336 e. The molecule has 2 heterocycles. The van der Waals surface area contributed by atoms with E-state index < -0.39 is 0 Å². The normalized spacial score (nSPS) is 23.5. The summed E-state index contributed by atoms with van der Waals surface area (Å²) in [6.45, 7) is 2.59. The number of amides is 1. The van der Waals surface area contributed by atoms with Crippen molar-refractivity contribution in [3.05, 3.63) is 23.9 Å². The van der Waals surface area contributed by atoms with Crippen LogP contribution in [-0.4, -0.2) is 27.6 Å². The Bertz CT molecular complexity index is 514. The summed E-state index contributed by atoms with van der Waals surface area (Å²) >= 11 is 1.95. The number of piperidine rings is 1. The van der Waals surface area contributed by atoms with E-state index in [0.717, 1.165) is 24.4 Å². The number of carbonyl (C=O) groups excluding carboxylic acids is 1. The van der Waals surface area contributed by atoms with Crippen LogP contribution in [0.2, 0.25) is 0 Å². The number of rotatable bonds is 3. The topological polar surface area (TPSA) is 33.2 Å². The molecule has 0 N–H and O–H groups in total. The minimum atomic E-state index is 0.196. The van der Waals surface area contributed by atoms with Gasteiger partial charge in [0.05, 0.1) is 6.04 Å². The zero-order chi connectivity index (χ0) is 15.4. The minimum absolute atomic E-state index is 0.196. The summed E-state index contributed by atoms with van der Waals surface area (Å²) in [7, 11) is 0. The highest BCUT2D eigenvalue weighted by atomic mass is 32.2. The monoisotopic (exact) mass is 318 g/mol. The summed E-state index contributed by atoms with van der Waals surface area (Å²) in [6.07, 6.45) is 12.0. The summed E-state index contributed by atoms with van der Waals surface area (Å²) in [6, 6.07) is 4.43. The van der Waals surface area contributed by atoms with Gasteiger partial charge in [-0.15, -0.1) is 11.8 Å². The zero-order valence-corrected chi connectivity index (χ0v) is 14.3. The first-order valence-corrected chi connectivity index (χ1v) is 9.52. The third kappa shape index (κ3) is 3.65. The van der Waals surface area contributed by atoms with Gasteiger partial charge in [-0.1, -0.05) is 25.3 Å². The standard InChI is InChI=1S/C18H26N2OS/c1-14(21)20-13-6-5-11-17(20)16-10-7-12-19-18(16)22-15-8-3-2-4-9-15/h7,10,12,15,17H,2-6,8-9,11,13H2,1H3/t17-/m0/s1. The lowest BCUT2D eigenvalue weighted by atomic mass is 9.96. The summed E-state index contributed by atoms with van der Waals surface area (Å²) in [5.74, 6) is 0.196. The largest absolute Gasteiger partial charge is 0.336 e. The van der Waals surface area contributed by atoms with Crippen LogP contribution >= 0.6 is 11.8 Å². The summed E-state index contributed by atoms with van der Waals surface area (Å²) in [4.78, 5) is 18.7. The molecule has 22 heavy (non-hydrogen) atoms. The molecule has 1 saturated heterocycles. The predicted molar refractivity (Wildman–Crippen MR) is 90.9 cm³/mol. The van der Waals surface area contributed by atoms with Gasteiger partial charge in [0.1, 0.15) is 5.03 Å². The van der Waals surface area contributed by atoms with E-state index in [1.54, 1.807) is 6.92 Å². The van der Waals surface area contributed by atoms with Crippen LogP contribution in [0.15, 0.2) is 23.4 Å². The fourth-order valence-electron chi connectivity index (χ4n) is 3.73. The van der Waals surface area contributed by atoms with Gasteiger partial charge in [0.2, 0.25) is 5.91 Å². The van der Waals surface area contributed by atoms with E-state index >= 15 is 0 Å². The highest BCUT2D eigenvalue weighted by Gasteiger charge is 2.29. The molecule has 0 bridgehead atoms. The van der Waals surface area contributed by atoms with Crippen molar-refractivity contribution in [2.45, 2.75) is 74.6 Å². The number of thioether (sulfide) groups is 1. The van der Waals surface area contributed by atoms with E-state index in [-0.39, 0.29) is 11.9 Å². The highest BCUT2D eigenvalue weighted by Crippen LogP contribution is 2.39. The molecule has 1 aromatic rings. The summed E-state index contributed by atoms with van der Waals surface area (Å²) in [5, 5.41) is 1.87. The Hall–Kier alpha value is -1.03. The first-order chi connectivity index (χ1) is 10.8. The molecule has 2 aliphatic rings. The first-order valence-electron chi connectivity index (χ1n) is 8.64. The second kappa shape index (κ2) is 7.49. The molecule has 1 aliphatic heterocycles. The van der Waals surface area contributed by atoms with Crippen molar-refractivity contribution in [1.82, 2.24) is 9.88 Å². The van der Waals surface area contributed by atoms with Gasteiger partial charge >= 0.3 is 0 Å². The molecule has 1 atom stereocenters. The molecule has 1 aromatic heterocycles. The Balaban J connectivity index is 1.81. The highest BCUT2D eigenvalue weighted by molar-refractivity contribution is 7.99. The first kappa shape index (κ1) is 15.9. The number of nitrogens with zero attached hydrogens (tertiary/aromatic N) is 2. The fraction of sp³-hybridized carbons (Fsp3) is 0.667. The molecule has 1 saturated carbocycles. The number of pyridine rings is 1. The molecule has 0 radical (unpaired) electrons. The van der Waals surface area contributed by atoms with E-state index in [1.807, 2.05) is 28.9 Å². The SMILES string of the molecule is CC(=O)N1CCCC[C@H]1c1cccnc1SC1CCCCC1. The van der Waals surface area contributed by atoms with Gasteiger partial charge in [-0.05, 0) is 38.2 Å². The van der Waals surface area contributed by atoms with Gasteiger partial charge in [0, 0.05) is 30.5 Å². The average molecular weight is 318 g/mol. The van der Waals surface area contributed by atoms with E-state index in [1.165, 1.54) is 44.1 Å². The number of carbonyl (C=O) groups is 1. The molecule has 0 unspecified atom stereocenters. The number of aromatic nitrogens is 1. The average Bonchev–Trinajstić information content (AvgIpc) is 2.56. The van der Waals surface area contributed by atoms with E-state index in [0.29, 0.717) is 5.25 Å². The Morgan fingerprint density at radius 1 is 1.18 bits per heavy atom. The molecule has 120 valence electrons. The van der Waals surface area contributed by atoms with Crippen molar-refractivity contribution >= 4 is 17.7 Å². The molecule has 3 nitrogen and oxygen atoms in total. The number of hydrogen-bond acceptors (Lipinski definition) is 3. The molecule has 3 rings (SSSR count). The van der Waals surface area contributed by atoms with Gasteiger partial charge in [-0.2, -0.15) is 0 Å². The second-order valence-corrected chi connectivity index (χ2v) is 7.79. The van der Waals surface area contributed by atoms with Crippen molar-refractivity contribution in [1.29, 1.82) is 0 Å². The van der Waals surface area contributed by atoms with Crippen molar-refractivity contribution in [3.63, 3.8) is 0 Å². The third-order valence-electron chi connectivity index (χ3n) is 4.90. The van der Waals surface area contributed by atoms with Crippen LogP contribution in [0.5, 0.6) is 0 Å². The van der Waals surface area contributed by atoms with Gasteiger partial charge in [0.25, 0.3) is 0 Å². The smallest absolute Gasteiger partial charge is 0.219 e. The van der Waals surface area contributed by atoms with E-state index in [9.17, 15) is 4.79 Å². The summed E-state index contributed by atoms with van der Waals surface area (Å²) in [5.41, 5.74) is 1.27. The third-order valence-corrected chi connectivity index (χ3v) is 6.27.